The molecule has 3 nitrogen and oxygen atoms in total. The van der Waals surface area contributed by atoms with Crippen molar-refractivity contribution in [3.63, 3.8) is 0 Å². The van der Waals surface area contributed by atoms with Gasteiger partial charge in [-0.25, -0.2) is 13.2 Å². The topological polar surface area (TPSA) is 45.9 Å². The molecule has 0 amide bonds. The summed E-state index contributed by atoms with van der Waals surface area (Å²) in [6, 6.07) is 16.6. The SMILES string of the molecule is CCCCCCCOc1ccc(-c2ccc3c(F)c(CCc4cc(F)c(C#N)c(F)c4)ccc3c2)nc1. The smallest absolute Gasteiger partial charge is 0.144 e. The largest absolute Gasteiger partial charge is 0.492 e. The first-order valence-corrected chi connectivity index (χ1v) is 12.7. The Balaban J connectivity index is 1.42. The van der Waals surface area contributed by atoms with E-state index in [0.29, 0.717) is 23.1 Å². The highest BCUT2D eigenvalue weighted by Gasteiger charge is 2.13. The van der Waals surface area contributed by atoms with E-state index in [2.05, 4.69) is 11.9 Å². The Morgan fingerprint density at radius 1 is 0.865 bits per heavy atom. The van der Waals surface area contributed by atoms with Crippen molar-refractivity contribution in [1.82, 2.24) is 4.98 Å². The minimum atomic E-state index is -0.903. The molecule has 4 aromatic rings. The van der Waals surface area contributed by atoms with E-state index in [-0.39, 0.29) is 18.7 Å². The van der Waals surface area contributed by atoms with Gasteiger partial charge in [-0.05, 0) is 66.1 Å². The van der Waals surface area contributed by atoms with Crippen LogP contribution in [0.25, 0.3) is 22.0 Å². The van der Waals surface area contributed by atoms with Crippen LogP contribution in [0.1, 0.15) is 55.7 Å². The molecule has 0 N–H and O–H groups in total. The molecule has 0 fully saturated rings. The number of halogens is 3. The first-order chi connectivity index (χ1) is 18.0. The van der Waals surface area contributed by atoms with Crippen LogP contribution >= 0.6 is 0 Å². The number of hydrogen-bond acceptors (Lipinski definition) is 3. The summed E-state index contributed by atoms with van der Waals surface area (Å²) in [5.74, 6) is -1.42. The standard InChI is InChI=1S/C31H29F3N2O/c1-2-3-4-5-6-15-37-25-12-14-30(36-20-25)24-11-13-26-23(18-24)10-9-22(31(26)34)8-7-21-16-28(32)27(19-35)29(33)17-21/h9-14,16-18,20H,2-8,15H2,1H3. The molecule has 0 aliphatic carbocycles. The Morgan fingerprint density at radius 2 is 1.65 bits per heavy atom. The minimum Gasteiger partial charge on any atom is -0.492 e. The Labute approximate surface area is 215 Å². The summed E-state index contributed by atoms with van der Waals surface area (Å²) >= 11 is 0. The number of benzene rings is 3. The van der Waals surface area contributed by atoms with Crippen LogP contribution in [-0.2, 0) is 12.8 Å². The molecule has 0 spiro atoms. The first-order valence-electron chi connectivity index (χ1n) is 12.7. The Morgan fingerprint density at radius 3 is 2.35 bits per heavy atom. The predicted molar refractivity (Wildman–Crippen MR) is 140 cm³/mol. The summed E-state index contributed by atoms with van der Waals surface area (Å²) in [6.45, 7) is 2.87. The molecular formula is C31H29F3N2O. The van der Waals surface area contributed by atoms with Gasteiger partial charge in [-0.1, -0.05) is 56.9 Å². The highest BCUT2D eigenvalue weighted by molar-refractivity contribution is 5.88. The maximum atomic E-state index is 15.2. The maximum absolute atomic E-state index is 15.2. The van der Waals surface area contributed by atoms with Crippen LogP contribution < -0.4 is 4.74 Å². The monoisotopic (exact) mass is 502 g/mol. The van der Waals surface area contributed by atoms with E-state index in [1.54, 1.807) is 18.3 Å². The number of rotatable bonds is 11. The van der Waals surface area contributed by atoms with Crippen molar-refractivity contribution in [2.75, 3.05) is 6.61 Å². The van der Waals surface area contributed by atoms with Crippen molar-refractivity contribution in [3.05, 3.63) is 94.9 Å². The van der Waals surface area contributed by atoms with Gasteiger partial charge in [0.15, 0.2) is 0 Å². The molecular weight excluding hydrogens is 473 g/mol. The number of pyridine rings is 1. The second kappa shape index (κ2) is 12.4. The van der Waals surface area contributed by atoms with Gasteiger partial charge in [0, 0.05) is 10.9 Å². The average Bonchev–Trinajstić information content (AvgIpc) is 2.90. The van der Waals surface area contributed by atoms with Gasteiger partial charge in [-0.3, -0.25) is 4.98 Å². The lowest BCUT2D eigenvalue weighted by molar-refractivity contribution is 0.303. The summed E-state index contributed by atoms with van der Waals surface area (Å²) in [5, 5.41) is 10.0. The summed E-state index contributed by atoms with van der Waals surface area (Å²) < 4.78 is 48.8. The first kappa shape index (κ1) is 26.2. The third-order valence-electron chi connectivity index (χ3n) is 6.48. The molecule has 3 aromatic carbocycles. The number of hydrogen-bond donors (Lipinski definition) is 0. The highest BCUT2D eigenvalue weighted by atomic mass is 19.1. The summed E-state index contributed by atoms with van der Waals surface area (Å²) in [5.41, 5.74) is 1.87. The molecule has 0 aliphatic rings. The van der Waals surface area contributed by atoms with Gasteiger partial charge >= 0.3 is 0 Å². The molecule has 0 aliphatic heterocycles. The van der Waals surface area contributed by atoms with Crippen LogP contribution in [0.4, 0.5) is 13.2 Å². The zero-order chi connectivity index (χ0) is 26.2. The van der Waals surface area contributed by atoms with Gasteiger partial charge in [0.1, 0.15) is 34.8 Å². The van der Waals surface area contributed by atoms with Gasteiger partial charge < -0.3 is 4.74 Å². The van der Waals surface area contributed by atoms with Crippen LogP contribution in [0.5, 0.6) is 5.75 Å². The Hall–Kier alpha value is -3.85. The molecule has 0 bridgehead atoms. The molecule has 190 valence electrons. The number of nitrogens with zero attached hydrogens (tertiary/aromatic N) is 2. The van der Waals surface area contributed by atoms with Crippen molar-refractivity contribution in [1.29, 1.82) is 5.26 Å². The fourth-order valence-corrected chi connectivity index (χ4v) is 4.38. The molecule has 0 radical (unpaired) electrons. The number of fused-ring (bicyclic) bond motifs is 1. The second-order valence-corrected chi connectivity index (χ2v) is 9.16. The molecule has 4 rings (SSSR count). The van der Waals surface area contributed by atoms with Crippen molar-refractivity contribution in [2.24, 2.45) is 0 Å². The van der Waals surface area contributed by atoms with E-state index >= 15 is 4.39 Å². The summed E-state index contributed by atoms with van der Waals surface area (Å²) in [7, 11) is 0. The lowest BCUT2D eigenvalue weighted by atomic mass is 9.98. The number of unbranched alkanes of at least 4 members (excludes halogenated alkanes) is 4. The summed E-state index contributed by atoms with van der Waals surface area (Å²) in [6.07, 6.45) is 8.14. The average molecular weight is 503 g/mol. The van der Waals surface area contributed by atoms with E-state index in [4.69, 9.17) is 10.00 Å². The fourth-order valence-electron chi connectivity index (χ4n) is 4.38. The third kappa shape index (κ3) is 6.48. The fraction of sp³-hybridized carbons (Fsp3) is 0.290. The molecule has 6 heteroatoms. The van der Waals surface area contributed by atoms with Gasteiger partial charge in [0.25, 0.3) is 0 Å². The lowest BCUT2D eigenvalue weighted by Crippen LogP contribution is -1.99. The molecule has 1 heterocycles. The van der Waals surface area contributed by atoms with Crippen LogP contribution in [0.3, 0.4) is 0 Å². The van der Waals surface area contributed by atoms with Gasteiger partial charge in [-0.2, -0.15) is 5.26 Å². The number of ether oxygens (including phenoxy) is 1. The van der Waals surface area contributed by atoms with Crippen molar-refractivity contribution in [2.45, 2.75) is 51.9 Å². The Bertz CT molecular complexity index is 1390. The van der Waals surface area contributed by atoms with Crippen molar-refractivity contribution < 1.29 is 17.9 Å². The van der Waals surface area contributed by atoms with E-state index in [9.17, 15) is 8.78 Å². The van der Waals surface area contributed by atoms with Gasteiger partial charge in [0.2, 0.25) is 0 Å². The number of aryl methyl sites for hydroxylation is 2. The molecule has 0 saturated heterocycles. The minimum absolute atomic E-state index is 0.247. The summed E-state index contributed by atoms with van der Waals surface area (Å²) in [4.78, 5) is 4.51. The quantitative estimate of drug-likeness (QED) is 0.194. The molecule has 0 saturated carbocycles. The zero-order valence-electron chi connectivity index (χ0n) is 20.9. The second-order valence-electron chi connectivity index (χ2n) is 9.16. The molecule has 0 atom stereocenters. The van der Waals surface area contributed by atoms with E-state index in [1.807, 2.05) is 30.3 Å². The van der Waals surface area contributed by atoms with Crippen LogP contribution in [0.15, 0.2) is 60.8 Å². The third-order valence-corrected chi connectivity index (χ3v) is 6.48. The number of aromatic nitrogens is 1. The van der Waals surface area contributed by atoms with Gasteiger partial charge in [-0.15, -0.1) is 0 Å². The van der Waals surface area contributed by atoms with E-state index in [0.717, 1.165) is 40.9 Å². The van der Waals surface area contributed by atoms with E-state index in [1.165, 1.54) is 31.8 Å². The maximum Gasteiger partial charge on any atom is 0.144 e. The van der Waals surface area contributed by atoms with Crippen LogP contribution in [0, 0.1) is 28.8 Å². The van der Waals surface area contributed by atoms with Crippen LogP contribution in [-0.4, -0.2) is 11.6 Å². The number of nitriles is 1. The predicted octanol–water partition coefficient (Wildman–Crippen LogP) is 8.33. The highest BCUT2D eigenvalue weighted by Crippen LogP contribution is 2.28. The lowest BCUT2D eigenvalue weighted by Gasteiger charge is -2.10. The van der Waals surface area contributed by atoms with Crippen molar-refractivity contribution >= 4 is 10.8 Å². The van der Waals surface area contributed by atoms with Crippen LogP contribution in [0.2, 0.25) is 0 Å². The molecule has 0 unspecified atom stereocenters. The molecule has 37 heavy (non-hydrogen) atoms. The normalized spacial score (nSPS) is 11.0. The van der Waals surface area contributed by atoms with Gasteiger partial charge in [0.05, 0.1) is 18.5 Å². The zero-order valence-corrected chi connectivity index (χ0v) is 20.9. The van der Waals surface area contributed by atoms with E-state index < -0.39 is 17.2 Å². The molecule has 1 aromatic heterocycles. The van der Waals surface area contributed by atoms with Crippen molar-refractivity contribution in [3.8, 4) is 23.1 Å². The Kier molecular flexibility index (Phi) is 8.79.